The van der Waals surface area contributed by atoms with Gasteiger partial charge in [-0.2, -0.15) is 0 Å². The average Bonchev–Trinajstić information content (AvgIpc) is 2.74. The molecular weight excluding hydrogens is 392 g/mol. The highest BCUT2D eigenvalue weighted by atomic mass is 35.5. The topological polar surface area (TPSA) is 69.7 Å². The molecule has 4 rings (SSSR count). The first-order chi connectivity index (χ1) is 14.1. The number of halogens is 1. The lowest BCUT2D eigenvalue weighted by atomic mass is 9.82. The molecule has 29 heavy (non-hydrogen) atoms. The molecule has 0 N–H and O–H groups in total. The van der Waals surface area contributed by atoms with Gasteiger partial charge in [0.05, 0.1) is 5.56 Å². The van der Waals surface area contributed by atoms with E-state index in [9.17, 15) is 14.4 Å². The maximum absolute atomic E-state index is 12.9. The predicted molar refractivity (Wildman–Crippen MR) is 107 cm³/mol. The fourth-order valence-electron chi connectivity index (χ4n) is 3.24. The summed E-state index contributed by atoms with van der Waals surface area (Å²) in [5, 5.41) is 0.541. The lowest BCUT2D eigenvalue weighted by molar-refractivity contribution is 0.0448. The molecule has 0 aromatic heterocycles. The van der Waals surface area contributed by atoms with Crippen LogP contribution in [0.1, 0.15) is 42.2 Å². The van der Waals surface area contributed by atoms with E-state index in [1.807, 2.05) is 0 Å². The molecule has 3 aromatic carbocycles. The van der Waals surface area contributed by atoms with Gasteiger partial charge in [-0.3, -0.25) is 9.59 Å². The second-order valence-corrected chi connectivity index (χ2v) is 6.81. The number of benzene rings is 3. The molecule has 0 spiro atoms. The van der Waals surface area contributed by atoms with Crippen molar-refractivity contribution in [2.75, 3.05) is 13.2 Å². The number of fused-ring (bicyclic) bond motifs is 2. The minimum atomic E-state index is -0.683. The summed E-state index contributed by atoms with van der Waals surface area (Å²) in [7, 11) is 0. The average molecular weight is 407 g/mol. The zero-order valence-electron chi connectivity index (χ0n) is 15.2. The van der Waals surface area contributed by atoms with Crippen molar-refractivity contribution in [2.24, 2.45) is 0 Å². The number of esters is 1. The highest BCUT2D eigenvalue weighted by molar-refractivity contribution is 6.31. The van der Waals surface area contributed by atoms with Crippen molar-refractivity contribution in [3.05, 3.63) is 99.6 Å². The zero-order chi connectivity index (χ0) is 20.4. The predicted octanol–water partition coefficient (Wildman–Crippen LogP) is 4.35. The normalized spacial score (nSPS) is 12.2. The van der Waals surface area contributed by atoms with Crippen LogP contribution in [-0.2, 0) is 4.74 Å². The van der Waals surface area contributed by atoms with Gasteiger partial charge in [0, 0.05) is 27.3 Å². The summed E-state index contributed by atoms with van der Waals surface area (Å²) < 4.78 is 10.7. The second kappa shape index (κ2) is 7.89. The molecule has 3 aromatic rings. The van der Waals surface area contributed by atoms with Crippen LogP contribution in [-0.4, -0.2) is 30.7 Å². The standard InChI is InChI=1S/C23H15ClO5/c24-14-5-3-6-15(13-14)28-11-12-29-23(27)19-10-4-9-18-20(19)22(26)17-8-2-1-7-16(17)21(18)25/h1-10,13H,11-12H2. The van der Waals surface area contributed by atoms with E-state index in [4.69, 9.17) is 21.1 Å². The van der Waals surface area contributed by atoms with E-state index in [2.05, 4.69) is 0 Å². The number of ketones is 2. The molecule has 6 heteroatoms. The Kier molecular flexibility index (Phi) is 5.14. The van der Waals surface area contributed by atoms with Crippen LogP contribution in [0.4, 0.5) is 0 Å². The van der Waals surface area contributed by atoms with Crippen LogP contribution >= 0.6 is 11.6 Å². The van der Waals surface area contributed by atoms with E-state index >= 15 is 0 Å². The van der Waals surface area contributed by atoms with E-state index in [1.54, 1.807) is 60.7 Å². The van der Waals surface area contributed by atoms with Gasteiger partial charge in [-0.25, -0.2) is 4.79 Å². The maximum Gasteiger partial charge on any atom is 0.339 e. The van der Waals surface area contributed by atoms with Gasteiger partial charge in [0.25, 0.3) is 0 Å². The number of hydrogen-bond acceptors (Lipinski definition) is 5. The first-order valence-corrected chi connectivity index (χ1v) is 9.31. The number of carbonyl (C=O) groups excluding carboxylic acids is 3. The lowest BCUT2D eigenvalue weighted by Crippen LogP contribution is -2.24. The van der Waals surface area contributed by atoms with Gasteiger partial charge in [0.1, 0.15) is 19.0 Å². The lowest BCUT2D eigenvalue weighted by Gasteiger charge is -2.19. The number of hydrogen-bond donors (Lipinski definition) is 0. The SMILES string of the molecule is O=C(OCCOc1cccc(Cl)c1)c1cccc2c1C(=O)c1ccccc1C2=O. The van der Waals surface area contributed by atoms with Crippen LogP contribution in [0.25, 0.3) is 0 Å². The van der Waals surface area contributed by atoms with Crippen LogP contribution < -0.4 is 4.74 Å². The van der Waals surface area contributed by atoms with Crippen LogP contribution in [0.5, 0.6) is 5.75 Å². The van der Waals surface area contributed by atoms with Crippen molar-refractivity contribution in [1.29, 1.82) is 0 Å². The second-order valence-electron chi connectivity index (χ2n) is 6.37. The van der Waals surface area contributed by atoms with Crippen LogP contribution in [0.3, 0.4) is 0 Å². The molecule has 144 valence electrons. The molecule has 1 aliphatic rings. The number of rotatable bonds is 5. The molecule has 0 heterocycles. The van der Waals surface area contributed by atoms with Crippen molar-refractivity contribution < 1.29 is 23.9 Å². The molecule has 0 saturated heterocycles. The van der Waals surface area contributed by atoms with Gasteiger partial charge >= 0.3 is 5.97 Å². The van der Waals surface area contributed by atoms with Gasteiger partial charge in [0.2, 0.25) is 0 Å². The van der Waals surface area contributed by atoms with Gasteiger partial charge < -0.3 is 9.47 Å². The van der Waals surface area contributed by atoms with E-state index in [0.717, 1.165) is 0 Å². The van der Waals surface area contributed by atoms with Crippen molar-refractivity contribution in [2.45, 2.75) is 0 Å². The Morgan fingerprint density at radius 2 is 1.48 bits per heavy atom. The maximum atomic E-state index is 12.9. The van der Waals surface area contributed by atoms with Crippen molar-refractivity contribution in [3.63, 3.8) is 0 Å². The highest BCUT2D eigenvalue weighted by Crippen LogP contribution is 2.29. The molecule has 0 bridgehead atoms. The van der Waals surface area contributed by atoms with Gasteiger partial charge in [0.15, 0.2) is 11.6 Å². The fourth-order valence-corrected chi connectivity index (χ4v) is 3.42. The molecule has 0 unspecified atom stereocenters. The molecule has 0 atom stereocenters. The Bertz CT molecular complexity index is 1140. The summed E-state index contributed by atoms with van der Waals surface area (Å²) in [6.07, 6.45) is 0. The number of ether oxygens (including phenoxy) is 2. The summed E-state index contributed by atoms with van der Waals surface area (Å²) >= 11 is 5.89. The van der Waals surface area contributed by atoms with Gasteiger partial charge in [-0.05, 0) is 24.3 Å². The Labute approximate surface area is 171 Å². The van der Waals surface area contributed by atoms with Crippen molar-refractivity contribution >= 4 is 29.1 Å². The first-order valence-electron chi connectivity index (χ1n) is 8.93. The monoisotopic (exact) mass is 406 g/mol. The first kappa shape index (κ1) is 18.9. The molecule has 0 radical (unpaired) electrons. The van der Waals surface area contributed by atoms with Crippen LogP contribution in [0.2, 0.25) is 5.02 Å². The molecule has 0 fully saturated rings. The molecule has 0 amide bonds. The summed E-state index contributed by atoms with van der Waals surface area (Å²) in [5.74, 6) is -0.771. The zero-order valence-corrected chi connectivity index (χ0v) is 15.9. The number of carbonyl (C=O) groups is 3. The van der Waals surface area contributed by atoms with Crippen molar-refractivity contribution in [1.82, 2.24) is 0 Å². The highest BCUT2D eigenvalue weighted by Gasteiger charge is 2.33. The fraction of sp³-hybridized carbons (Fsp3) is 0.0870. The van der Waals surface area contributed by atoms with E-state index in [0.29, 0.717) is 16.3 Å². The molecule has 5 nitrogen and oxygen atoms in total. The summed E-state index contributed by atoms with van der Waals surface area (Å²) in [5.41, 5.74) is 0.980. The van der Waals surface area contributed by atoms with E-state index in [-0.39, 0.29) is 47.0 Å². The summed E-state index contributed by atoms with van der Waals surface area (Å²) in [6, 6.07) is 18.0. The van der Waals surface area contributed by atoms with Crippen LogP contribution in [0, 0.1) is 0 Å². The smallest absolute Gasteiger partial charge is 0.339 e. The Morgan fingerprint density at radius 1 is 0.793 bits per heavy atom. The van der Waals surface area contributed by atoms with Gasteiger partial charge in [-0.1, -0.05) is 54.1 Å². The molecule has 1 aliphatic carbocycles. The molecule has 0 aliphatic heterocycles. The quantitative estimate of drug-likeness (QED) is 0.364. The summed E-state index contributed by atoms with van der Waals surface area (Å²) in [6.45, 7) is 0.102. The third-order valence-electron chi connectivity index (χ3n) is 4.55. The minimum Gasteiger partial charge on any atom is -0.490 e. The van der Waals surface area contributed by atoms with E-state index in [1.165, 1.54) is 6.07 Å². The third kappa shape index (κ3) is 3.65. The Hall–Kier alpha value is -3.44. The van der Waals surface area contributed by atoms with Crippen molar-refractivity contribution in [3.8, 4) is 5.75 Å². The Morgan fingerprint density at radius 3 is 2.24 bits per heavy atom. The Balaban J connectivity index is 1.50. The van der Waals surface area contributed by atoms with Crippen LogP contribution in [0.15, 0.2) is 66.7 Å². The third-order valence-corrected chi connectivity index (χ3v) is 4.79. The largest absolute Gasteiger partial charge is 0.490 e. The van der Waals surface area contributed by atoms with Gasteiger partial charge in [-0.15, -0.1) is 0 Å². The molecular formula is C23H15ClO5. The minimum absolute atomic E-state index is 0.0201. The summed E-state index contributed by atoms with van der Waals surface area (Å²) in [4.78, 5) is 38.3. The molecule has 0 saturated carbocycles. The van der Waals surface area contributed by atoms with E-state index < -0.39 is 5.97 Å².